The molecule has 1 aliphatic heterocycles. The predicted octanol–water partition coefficient (Wildman–Crippen LogP) is -0.444. The van der Waals surface area contributed by atoms with E-state index in [4.69, 9.17) is 16.2 Å². The van der Waals surface area contributed by atoms with Crippen molar-refractivity contribution in [2.24, 2.45) is 11.5 Å². The molecule has 1 fully saturated rings. The number of primary amides is 1. The van der Waals surface area contributed by atoms with Gasteiger partial charge in [0.1, 0.15) is 0 Å². The molecule has 0 saturated carbocycles. The van der Waals surface area contributed by atoms with Gasteiger partial charge >= 0.3 is 0 Å². The Morgan fingerprint density at radius 1 is 1.33 bits per heavy atom. The summed E-state index contributed by atoms with van der Waals surface area (Å²) in [4.78, 5) is 11.1. The summed E-state index contributed by atoms with van der Waals surface area (Å²) in [7, 11) is -3.60. The van der Waals surface area contributed by atoms with Crippen LogP contribution in [0.2, 0.25) is 0 Å². The first-order chi connectivity index (χ1) is 9.45. The highest BCUT2D eigenvalue weighted by Gasteiger charge is 2.30. The van der Waals surface area contributed by atoms with Crippen molar-refractivity contribution in [3.63, 3.8) is 0 Å². The van der Waals surface area contributed by atoms with Gasteiger partial charge in [0.2, 0.25) is 15.9 Å². The number of amides is 1. The van der Waals surface area contributed by atoms with Crippen LogP contribution < -0.4 is 11.5 Å². The van der Waals surface area contributed by atoms with Crippen LogP contribution in [-0.2, 0) is 14.8 Å². The van der Waals surface area contributed by atoms with Crippen LogP contribution in [0.1, 0.15) is 10.4 Å². The molecular weight excluding hydrogens is 318 g/mol. The van der Waals surface area contributed by atoms with Gasteiger partial charge in [0.05, 0.1) is 17.6 Å². The highest BCUT2D eigenvalue weighted by Crippen LogP contribution is 2.19. The molecule has 1 saturated heterocycles. The van der Waals surface area contributed by atoms with Gasteiger partial charge in [-0.3, -0.25) is 4.79 Å². The second kappa shape index (κ2) is 7.19. The summed E-state index contributed by atoms with van der Waals surface area (Å²) < 4.78 is 31.6. The predicted molar refractivity (Wildman–Crippen MR) is 79.8 cm³/mol. The van der Waals surface area contributed by atoms with Crippen molar-refractivity contribution in [2.75, 3.05) is 26.2 Å². The zero-order valence-corrected chi connectivity index (χ0v) is 12.9. The molecule has 1 unspecified atom stereocenters. The number of nitrogens with two attached hydrogens (primary N) is 2. The number of hydrogen-bond donors (Lipinski definition) is 2. The summed E-state index contributed by atoms with van der Waals surface area (Å²) in [5.41, 5.74) is 10.9. The van der Waals surface area contributed by atoms with Crippen LogP contribution in [0.3, 0.4) is 0 Å². The van der Waals surface area contributed by atoms with E-state index in [2.05, 4.69) is 0 Å². The molecule has 4 N–H and O–H groups in total. The van der Waals surface area contributed by atoms with E-state index in [1.807, 2.05) is 0 Å². The Bertz CT molecular complexity index is 591. The highest BCUT2D eigenvalue weighted by molar-refractivity contribution is 7.89. The lowest BCUT2D eigenvalue weighted by Crippen LogP contribution is -2.48. The third-order valence-electron chi connectivity index (χ3n) is 3.14. The lowest BCUT2D eigenvalue weighted by Gasteiger charge is -2.31. The maximum Gasteiger partial charge on any atom is 0.248 e. The van der Waals surface area contributed by atoms with Crippen LogP contribution in [0.5, 0.6) is 0 Å². The summed E-state index contributed by atoms with van der Waals surface area (Å²) in [6.45, 7) is 1.11. The van der Waals surface area contributed by atoms with Gasteiger partial charge in [-0.15, -0.1) is 12.4 Å². The fourth-order valence-corrected chi connectivity index (χ4v) is 3.45. The van der Waals surface area contributed by atoms with Crippen molar-refractivity contribution in [1.82, 2.24) is 4.31 Å². The van der Waals surface area contributed by atoms with Crippen LogP contribution in [0.15, 0.2) is 29.2 Å². The molecule has 118 valence electrons. The molecule has 2 rings (SSSR count). The molecule has 0 aromatic heterocycles. The molecular formula is C12H18ClN3O4S. The Morgan fingerprint density at radius 2 is 1.95 bits per heavy atom. The first kappa shape index (κ1) is 17.9. The van der Waals surface area contributed by atoms with E-state index in [0.717, 1.165) is 0 Å². The number of nitrogens with zero attached hydrogens (tertiary/aromatic N) is 1. The minimum absolute atomic E-state index is 0. The van der Waals surface area contributed by atoms with Gasteiger partial charge < -0.3 is 16.2 Å². The summed E-state index contributed by atoms with van der Waals surface area (Å²) in [6, 6.07) is 5.55. The van der Waals surface area contributed by atoms with Gasteiger partial charge in [-0.1, -0.05) is 0 Å². The minimum Gasteiger partial charge on any atom is -0.374 e. The van der Waals surface area contributed by atoms with E-state index < -0.39 is 15.9 Å². The monoisotopic (exact) mass is 335 g/mol. The Balaban J connectivity index is 0.00000220. The van der Waals surface area contributed by atoms with Crippen LogP contribution in [0, 0.1) is 0 Å². The van der Waals surface area contributed by atoms with E-state index in [9.17, 15) is 13.2 Å². The van der Waals surface area contributed by atoms with Gasteiger partial charge in [0.15, 0.2) is 0 Å². The standard InChI is InChI=1S/C12H17N3O4S.ClH/c13-7-10-8-15(5-6-19-10)20(17,18)11-3-1-9(2-4-11)12(14)16;/h1-4,10H,5-8,13H2,(H2,14,16);1H. The average Bonchev–Trinajstić information content (AvgIpc) is 2.47. The average molecular weight is 336 g/mol. The van der Waals surface area contributed by atoms with Crippen molar-refractivity contribution in [1.29, 1.82) is 0 Å². The topological polar surface area (TPSA) is 116 Å². The normalized spacial score (nSPS) is 19.8. The van der Waals surface area contributed by atoms with Crippen LogP contribution >= 0.6 is 12.4 Å². The summed E-state index contributed by atoms with van der Waals surface area (Å²) in [5, 5.41) is 0. The highest BCUT2D eigenvalue weighted by atomic mass is 35.5. The number of hydrogen-bond acceptors (Lipinski definition) is 5. The van der Waals surface area contributed by atoms with Crippen LogP contribution in [-0.4, -0.2) is 51.0 Å². The third kappa shape index (κ3) is 3.92. The van der Waals surface area contributed by atoms with E-state index in [1.165, 1.54) is 28.6 Å². The third-order valence-corrected chi connectivity index (χ3v) is 5.02. The van der Waals surface area contributed by atoms with Gasteiger partial charge in [0, 0.05) is 25.2 Å². The fourth-order valence-electron chi connectivity index (χ4n) is 1.99. The molecule has 0 radical (unpaired) electrons. The molecule has 1 aliphatic rings. The molecule has 9 heteroatoms. The molecule has 1 aromatic rings. The van der Waals surface area contributed by atoms with Crippen molar-refractivity contribution < 1.29 is 17.9 Å². The fraction of sp³-hybridized carbons (Fsp3) is 0.417. The molecule has 7 nitrogen and oxygen atoms in total. The molecule has 1 amide bonds. The number of morpholine rings is 1. The molecule has 1 atom stereocenters. The van der Waals surface area contributed by atoms with E-state index in [-0.39, 0.29) is 48.6 Å². The number of benzene rings is 1. The number of halogens is 1. The molecule has 0 bridgehead atoms. The van der Waals surface area contributed by atoms with Gasteiger partial charge in [-0.05, 0) is 24.3 Å². The Hall–Kier alpha value is -1.19. The van der Waals surface area contributed by atoms with Crippen molar-refractivity contribution in [3.8, 4) is 0 Å². The van der Waals surface area contributed by atoms with Crippen molar-refractivity contribution in [2.45, 2.75) is 11.0 Å². The minimum atomic E-state index is -3.60. The Kier molecular flexibility index (Phi) is 6.11. The number of ether oxygens (including phenoxy) is 1. The summed E-state index contributed by atoms with van der Waals surface area (Å²) >= 11 is 0. The smallest absolute Gasteiger partial charge is 0.248 e. The Morgan fingerprint density at radius 3 is 2.48 bits per heavy atom. The number of carbonyl (C=O) groups is 1. The van der Waals surface area contributed by atoms with Crippen molar-refractivity contribution in [3.05, 3.63) is 29.8 Å². The SMILES string of the molecule is Cl.NCC1CN(S(=O)(=O)c2ccc(C(N)=O)cc2)CCO1. The van der Waals surface area contributed by atoms with Gasteiger partial charge in [0.25, 0.3) is 0 Å². The zero-order chi connectivity index (χ0) is 14.8. The van der Waals surface area contributed by atoms with Gasteiger partial charge in [-0.2, -0.15) is 4.31 Å². The first-order valence-corrected chi connectivity index (χ1v) is 7.61. The van der Waals surface area contributed by atoms with Crippen LogP contribution in [0.4, 0.5) is 0 Å². The zero-order valence-electron chi connectivity index (χ0n) is 11.3. The molecule has 21 heavy (non-hydrogen) atoms. The number of carbonyl (C=O) groups excluding carboxylic acids is 1. The van der Waals surface area contributed by atoms with E-state index in [0.29, 0.717) is 6.61 Å². The molecule has 1 aromatic carbocycles. The van der Waals surface area contributed by atoms with Crippen LogP contribution in [0.25, 0.3) is 0 Å². The van der Waals surface area contributed by atoms with E-state index in [1.54, 1.807) is 0 Å². The number of rotatable bonds is 4. The first-order valence-electron chi connectivity index (χ1n) is 6.17. The summed E-state index contributed by atoms with van der Waals surface area (Å²) in [6.07, 6.45) is -0.289. The maximum atomic E-state index is 12.4. The lowest BCUT2D eigenvalue weighted by atomic mass is 10.2. The second-order valence-corrected chi connectivity index (χ2v) is 6.42. The van der Waals surface area contributed by atoms with E-state index >= 15 is 0 Å². The molecule has 0 aliphatic carbocycles. The second-order valence-electron chi connectivity index (χ2n) is 4.48. The largest absolute Gasteiger partial charge is 0.374 e. The molecule has 1 heterocycles. The maximum absolute atomic E-state index is 12.4. The lowest BCUT2D eigenvalue weighted by molar-refractivity contribution is 0.00450. The Labute approximate surface area is 129 Å². The molecule has 0 spiro atoms. The summed E-state index contributed by atoms with van der Waals surface area (Å²) in [5.74, 6) is -0.594. The number of sulfonamides is 1. The van der Waals surface area contributed by atoms with Crippen molar-refractivity contribution >= 4 is 28.3 Å². The quantitative estimate of drug-likeness (QED) is 0.773. The van der Waals surface area contributed by atoms with Gasteiger partial charge in [-0.25, -0.2) is 8.42 Å².